The summed E-state index contributed by atoms with van der Waals surface area (Å²) in [5.41, 5.74) is 4.40. The molecule has 0 N–H and O–H groups in total. The van der Waals surface area contributed by atoms with Gasteiger partial charge in [0.05, 0.1) is 11.2 Å². The Morgan fingerprint density at radius 3 is 2.00 bits per heavy atom. The van der Waals surface area contributed by atoms with E-state index in [0.29, 0.717) is 0 Å². The van der Waals surface area contributed by atoms with Crippen LogP contribution in [0.3, 0.4) is 0 Å². The van der Waals surface area contributed by atoms with Crippen LogP contribution in [0.1, 0.15) is 44.4 Å². The molecule has 0 radical (unpaired) electrons. The molecule has 1 fully saturated rings. The number of hydrogen-bond acceptors (Lipinski definition) is 3. The Hall–Kier alpha value is -0.835. The SMILES string of the molecule is Cc1cc(C)c(B2OC(C)(C)C(C)(C)O2)c(CN(C)C)c1. The molecule has 0 amide bonds. The number of hydrogen-bond donors (Lipinski definition) is 0. The van der Waals surface area contributed by atoms with E-state index in [1.807, 2.05) is 0 Å². The quantitative estimate of drug-likeness (QED) is 0.799. The number of nitrogens with zero attached hydrogens (tertiary/aromatic N) is 1. The first-order chi connectivity index (χ1) is 9.53. The second-order valence-electron chi connectivity index (χ2n) is 7.48. The third-order valence-electron chi connectivity index (χ3n) is 4.59. The van der Waals surface area contributed by atoms with E-state index in [2.05, 4.69) is 72.7 Å². The predicted molar refractivity (Wildman–Crippen MR) is 89.0 cm³/mol. The van der Waals surface area contributed by atoms with Crippen molar-refractivity contribution in [2.45, 2.75) is 59.3 Å². The maximum Gasteiger partial charge on any atom is 0.495 e. The maximum absolute atomic E-state index is 6.25. The molecule has 0 bridgehead atoms. The van der Waals surface area contributed by atoms with E-state index in [-0.39, 0.29) is 18.3 Å². The number of rotatable bonds is 3. The minimum Gasteiger partial charge on any atom is -0.399 e. The Balaban J connectivity index is 2.45. The highest BCUT2D eigenvalue weighted by molar-refractivity contribution is 6.63. The van der Waals surface area contributed by atoms with Crippen LogP contribution in [-0.2, 0) is 15.9 Å². The van der Waals surface area contributed by atoms with E-state index < -0.39 is 0 Å². The summed E-state index contributed by atoms with van der Waals surface area (Å²) in [7, 11) is 3.89. The fraction of sp³-hybridized carbons (Fsp3) is 0.647. The van der Waals surface area contributed by atoms with Gasteiger partial charge < -0.3 is 14.2 Å². The minimum atomic E-state index is -0.301. The van der Waals surface area contributed by atoms with Crippen molar-refractivity contribution in [3.05, 3.63) is 28.8 Å². The Kier molecular flexibility index (Phi) is 4.27. The summed E-state index contributed by atoms with van der Waals surface area (Å²) in [5.74, 6) is 0. The van der Waals surface area contributed by atoms with Crippen molar-refractivity contribution in [3.8, 4) is 0 Å². The van der Waals surface area contributed by atoms with Gasteiger partial charge in [-0.2, -0.15) is 0 Å². The standard InChI is InChI=1S/C17H28BNO2/c1-12-9-13(2)15(14(10-12)11-19(7)8)18-20-16(3,4)17(5,6)21-18/h9-10H,11H2,1-8H3. The number of aryl methyl sites for hydroxylation is 2. The zero-order valence-corrected chi connectivity index (χ0v) is 14.7. The first kappa shape index (κ1) is 16.5. The van der Waals surface area contributed by atoms with E-state index in [1.165, 1.54) is 22.2 Å². The van der Waals surface area contributed by atoms with Crippen LogP contribution in [0.25, 0.3) is 0 Å². The van der Waals surface area contributed by atoms with Crippen molar-refractivity contribution >= 4 is 12.6 Å². The summed E-state index contributed by atoms with van der Waals surface area (Å²) in [6, 6.07) is 4.45. The van der Waals surface area contributed by atoms with Crippen molar-refractivity contribution < 1.29 is 9.31 Å². The summed E-state index contributed by atoms with van der Waals surface area (Å²) in [6.45, 7) is 13.6. The smallest absolute Gasteiger partial charge is 0.399 e. The predicted octanol–water partition coefficient (Wildman–Crippen LogP) is 2.66. The van der Waals surface area contributed by atoms with Gasteiger partial charge in [0.15, 0.2) is 0 Å². The Labute approximate surface area is 129 Å². The lowest BCUT2D eigenvalue weighted by Gasteiger charge is -2.32. The van der Waals surface area contributed by atoms with Gasteiger partial charge in [0.25, 0.3) is 0 Å². The first-order valence-corrected chi connectivity index (χ1v) is 7.64. The van der Waals surface area contributed by atoms with Crippen LogP contribution in [-0.4, -0.2) is 37.3 Å². The van der Waals surface area contributed by atoms with E-state index in [9.17, 15) is 0 Å². The normalized spacial score (nSPS) is 20.3. The molecule has 2 rings (SSSR count). The third kappa shape index (κ3) is 3.18. The van der Waals surface area contributed by atoms with Crippen molar-refractivity contribution in [1.29, 1.82) is 0 Å². The van der Waals surface area contributed by atoms with Crippen molar-refractivity contribution in [2.24, 2.45) is 0 Å². The summed E-state index contributed by atoms with van der Waals surface area (Å²) < 4.78 is 12.5. The molecule has 1 aliphatic heterocycles. The summed E-state index contributed by atoms with van der Waals surface area (Å²) in [5, 5.41) is 0. The fourth-order valence-electron chi connectivity index (χ4n) is 2.84. The highest BCUT2D eigenvalue weighted by Gasteiger charge is 2.52. The van der Waals surface area contributed by atoms with Gasteiger partial charge in [0.1, 0.15) is 0 Å². The maximum atomic E-state index is 6.25. The van der Waals surface area contributed by atoms with Gasteiger partial charge >= 0.3 is 7.12 Å². The fourth-order valence-corrected chi connectivity index (χ4v) is 2.84. The van der Waals surface area contributed by atoms with Crippen LogP contribution in [0.15, 0.2) is 12.1 Å². The van der Waals surface area contributed by atoms with Gasteiger partial charge in [-0.25, -0.2) is 0 Å². The van der Waals surface area contributed by atoms with E-state index in [0.717, 1.165) is 6.54 Å². The number of benzene rings is 1. The molecule has 0 aromatic heterocycles. The molecule has 1 aromatic carbocycles. The van der Waals surface area contributed by atoms with Crippen LogP contribution >= 0.6 is 0 Å². The Bertz CT molecular complexity index is 522. The molecule has 4 heteroatoms. The lowest BCUT2D eigenvalue weighted by molar-refractivity contribution is 0.00578. The largest absolute Gasteiger partial charge is 0.495 e. The molecule has 1 aliphatic rings. The molecule has 1 saturated heterocycles. The van der Waals surface area contributed by atoms with Gasteiger partial charge in [-0.1, -0.05) is 23.3 Å². The average Bonchev–Trinajstić information content (AvgIpc) is 2.44. The van der Waals surface area contributed by atoms with Crippen LogP contribution in [0.4, 0.5) is 0 Å². The molecular weight excluding hydrogens is 261 g/mol. The van der Waals surface area contributed by atoms with Gasteiger partial charge in [-0.05, 0) is 66.7 Å². The van der Waals surface area contributed by atoms with Crippen LogP contribution in [0, 0.1) is 13.8 Å². The van der Waals surface area contributed by atoms with Gasteiger partial charge in [0.2, 0.25) is 0 Å². The van der Waals surface area contributed by atoms with Gasteiger partial charge in [-0.15, -0.1) is 0 Å². The molecule has 0 spiro atoms. The van der Waals surface area contributed by atoms with Gasteiger partial charge in [0, 0.05) is 6.54 Å². The molecule has 0 aliphatic carbocycles. The molecule has 0 saturated carbocycles. The first-order valence-electron chi connectivity index (χ1n) is 7.64. The summed E-state index contributed by atoms with van der Waals surface area (Å²) >= 11 is 0. The minimum absolute atomic E-state index is 0.287. The molecule has 1 aromatic rings. The molecule has 116 valence electrons. The van der Waals surface area contributed by atoms with E-state index in [4.69, 9.17) is 9.31 Å². The lowest BCUT2D eigenvalue weighted by Crippen LogP contribution is -2.41. The second kappa shape index (κ2) is 5.42. The van der Waals surface area contributed by atoms with Crippen LogP contribution < -0.4 is 5.46 Å². The van der Waals surface area contributed by atoms with Gasteiger partial charge in [-0.3, -0.25) is 0 Å². The monoisotopic (exact) mass is 289 g/mol. The Morgan fingerprint density at radius 1 is 1.00 bits per heavy atom. The zero-order chi connectivity index (χ0) is 16.0. The van der Waals surface area contributed by atoms with Crippen LogP contribution in [0.5, 0.6) is 0 Å². The molecule has 1 heterocycles. The average molecular weight is 289 g/mol. The van der Waals surface area contributed by atoms with E-state index >= 15 is 0 Å². The lowest BCUT2D eigenvalue weighted by atomic mass is 9.72. The molecule has 21 heavy (non-hydrogen) atoms. The van der Waals surface area contributed by atoms with Crippen molar-refractivity contribution in [2.75, 3.05) is 14.1 Å². The summed E-state index contributed by atoms with van der Waals surface area (Å²) in [4.78, 5) is 2.18. The molecule has 0 unspecified atom stereocenters. The van der Waals surface area contributed by atoms with Crippen molar-refractivity contribution in [3.63, 3.8) is 0 Å². The zero-order valence-electron chi connectivity index (χ0n) is 14.7. The van der Waals surface area contributed by atoms with E-state index in [1.54, 1.807) is 0 Å². The molecule has 3 nitrogen and oxygen atoms in total. The summed E-state index contributed by atoms with van der Waals surface area (Å²) in [6.07, 6.45) is 0. The second-order valence-corrected chi connectivity index (χ2v) is 7.48. The van der Waals surface area contributed by atoms with Crippen LogP contribution in [0.2, 0.25) is 0 Å². The molecule has 0 atom stereocenters. The Morgan fingerprint density at radius 2 is 1.52 bits per heavy atom. The highest BCUT2D eigenvalue weighted by Crippen LogP contribution is 2.37. The highest BCUT2D eigenvalue weighted by atomic mass is 16.7. The third-order valence-corrected chi connectivity index (χ3v) is 4.59. The topological polar surface area (TPSA) is 21.7 Å². The molecular formula is C17H28BNO2. The van der Waals surface area contributed by atoms with Crippen molar-refractivity contribution in [1.82, 2.24) is 4.90 Å².